The van der Waals surface area contributed by atoms with E-state index in [2.05, 4.69) is 20.6 Å². The molecule has 0 aliphatic carbocycles. The topological polar surface area (TPSA) is 71.8 Å². The summed E-state index contributed by atoms with van der Waals surface area (Å²) < 4.78 is 1.81. The first-order valence-corrected chi connectivity index (χ1v) is 6.68. The summed E-state index contributed by atoms with van der Waals surface area (Å²) in [4.78, 5) is 20.5. The number of imidazole rings is 1. The Balaban J connectivity index is 1.71. The molecule has 0 aromatic carbocycles. The number of pyridine rings is 1. The summed E-state index contributed by atoms with van der Waals surface area (Å²) in [7, 11) is 0. The maximum atomic E-state index is 12.2. The third-order valence-corrected chi connectivity index (χ3v) is 3.64. The number of aromatic nitrogens is 3. The number of carbonyl (C=O) groups excluding carboxylic acids is 1. The fourth-order valence-corrected chi connectivity index (χ4v) is 2.36. The molecule has 2 N–H and O–H groups in total. The summed E-state index contributed by atoms with van der Waals surface area (Å²) in [6, 6.07) is 3.69. The van der Waals surface area contributed by atoms with Gasteiger partial charge in [-0.25, -0.2) is 9.97 Å². The number of anilines is 1. The maximum absolute atomic E-state index is 12.2. The molecule has 1 unspecified atom stereocenters. The molecule has 0 spiro atoms. The van der Waals surface area contributed by atoms with Gasteiger partial charge >= 0.3 is 0 Å². The highest BCUT2D eigenvalue weighted by Crippen LogP contribution is 2.20. The Morgan fingerprint density at radius 2 is 2.40 bits per heavy atom. The van der Waals surface area contributed by atoms with Crippen molar-refractivity contribution in [3.8, 4) is 5.82 Å². The van der Waals surface area contributed by atoms with Gasteiger partial charge in [-0.3, -0.25) is 9.36 Å². The summed E-state index contributed by atoms with van der Waals surface area (Å²) in [6.07, 6.45) is 8.75. The van der Waals surface area contributed by atoms with Gasteiger partial charge in [-0.2, -0.15) is 0 Å². The number of nitrogens with zero attached hydrogens (tertiary/aromatic N) is 3. The van der Waals surface area contributed by atoms with Crippen molar-refractivity contribution < 1.29 is 4.79 Å². The molecular weight excluding hydrogens is 254 g/mol. The second-order valence-electron chi connectivity index (χ2n) is 5.19. The summed E-state index contributed by atoms with van der Waals surface area (Å²) in [5.74, 6) is 0.762. The Morgan fingerprint density at radius 3 is 3.00 bits per heavy atom. The lowest BCUT2D eigenvalue weighted by Gasteiger charge is -2.22. The molecule has 1 saturated heterocycles. The summed E-state index contributed by atoms with van der Waals surface area (Å²) >= 11 is 0. The predicted molar refractivity (Wildman–Crippen MR) is 75.6 cm³/mol. The Labute approximate surface area is 117 Å². The number of hydrogen-bond acceptors (Lipinski definition) is 4. The van der Waals surface area contributed by atoms with Crippen LogP contribution in [0.2, 0.25) is 0 Å². The molecule has 1 amide bonds. The third-order valence-electron chi connectivity index (χ3n) is 3.64. The van der Waals surface area contributed by atoms with Gasteiger partial charge in [0.15, 0.2) is 0 Å². The Morgan fingerprint density at radius 1 is 1.50 bits per heavy atom. The first-order valence-electron chi connectivity index (χ1n) is 6.68. The van der Waals surface area contributed by atoms with E-state index in [1.165, 1.54) is 0 Å². The van der Waals surface area contributed by atoms with Gasteiger partial charge in [-0.1, -0.05) is 0 Å². The highest BCUT2D eigenvalue weighted by molar-refractivity contribution is 5.97. The van der Waals surface area contributed by atoms with Crippen LogP contribution in [0.5, 0.6) is 0 Å². The van der Waals surface area contributed by atoms with Crippen molar-refractivity contribution in [2.24, 2.45) is 0 Å². The van der Waals surface area contributed by atoms with E-state index in [1.807, 2.05) is 29.8 Å². The molecule has 1 atom stereocenters. The van der Waals surface area contributed by atoms with Crippen molar-refractivity contribution in [2.45, 2.75) is 25.3 Å². The zero-order chi connectivity index (χ0) is 14.0. The Hall–Kier alpha value is -2.21. The van der Waals surface area contributed by atoms with E-state index in [4.69, 9.17) is 0 Å². The van der Waals surface area contributed by atoms with Crippen LogP contribution in [0.1, 0.15) is 19.8 Å². The van der Waals surface area contributed by atoms with Crippen molar-refractivity contribution in [3.05, 3.63) is 37.1 Å². The fourth-order valence-electron chi connectivity index (χ4n) is 2.36. The Kier molecular flexibility index (Phi) is 3.23. The first-order chi connectivity index (χ1) is 9.67. The number of rotatable bonds is 3. The minimum atomic E-state index is -0.469. The normalized spacial score (nSPS) is 21.9. The minimum Gasteiger partial charge on any atom is -0.323 e. The van der Waals surface area contributed by atoms with Crippen LogP contribution in [0.25, 0.3) is 5.82 Å². The van der Waals surface area contributed by atoms with Crippen LogP contribution in [-0.2, 0) is 4.79 Å². The van der Waals surface area contributed by atoms with Crippen LogP contribution < -0.4 is 10.6 Å². The average Bonchev–Trinajstić information content (AvgIpc) is 3.11. The van der Waals surface area contributed by atoms with E-state index in [1.54, 1.807) is 18.7 Å². The van der Waals surface area contributed by atoms with Crippen molar-refractivity contribution in [2.75, 3.05) is 11.9 Å². The molecule has 2 aromatic rings. The molecule has 1 fully saturated rings. The monoisotopic (exact) mass is 271 g/mol. The summed E-state index contributed by atoms with van der Waals surface area (Å²) in [6.45, 7) is 2.82. The smallest absolute Gasteiger partial charge is 0.244 e. The first kappa shape index (κ1) is 12.8. The molecule has 0 bridgehead atoms. The van der Waals surface area contributed by atoms with Crippen molar-refractivity contribution in [3.63, 3.8) is 0 Å². The van der Waals surface area contributed by atoms with Crippen LogP contribution in [0.4, 0.5) is 5.69 Å². The molecule has 0 radical (unpaired) electrons. The molecular formula is C14H17N5O. The van der Waals surface area contributed by atoms with Gasteiger partial charge in [-0.05, 0) is 38.4 Å². The molecule has 6 nitrogen and oxygen atoms in total. The molecule has 3 rings (SSSR count). The Bertz CT molecular complexity index is 585. The lowest BCUT2D eigenvalue weighted by molar-refractivity contribution is -0.121. The van der Waals surface area contributed by atoms with Gasteiger partial charge in [0.2, 0.25) is 5.91 Å². The van der Waals surface area contributed by atoms with Gasteiger partial charge in [0.25, 0.3) is 0 Å². The summed E-state index contributed by atoms with van der Waals surface area (Å²) in [5.41, 5.74) is 0.233. The fraction of sp³-hybridized carbons (Fsp3) is 0.357. The predicted octanol–water partition coefficient (Wildman–Crippen LogP) is 1.35. The second kappa shape index (κ2) is 5.05. The number of nitrogens with one attached hydrogen (secondary N) is 2. The quantitative estimate of drug-likeness (QED) is 0.884. The van der Waals surface area contributed by atoms with Gasteiger partial charge in [-0.15, -0.1) is 0 Å². The van der Waals surface area contributed by atoms with E-state index in [0.29, 0.717) is 5.69 Å². The molecule has 3 heterocycles. The van der Waals surface area contributed by atoms with E-state index in [-0.39, 0.29) is 5.91 Å². The standard InChI is InChI=1S/C14H17N5O/c1-14(5-2-6-17-14)13(20)18-11-3-4-12(16-9-11)19-8-7-15-10-19/h3-4,7-10,17H,2,5-6H2,1H3,(H,18,20). The number of hydrogen-bond donors (Lipinski definition) is 2. The van der Waals surface area contributed by atoms with Crippen molar-refractivity contribution in [1.29, 1.82) is 0 Å². The highest BCUT2D eigenvalue weighted by Gasteiger charge is 2.35. The number of amides is 1. The lowest BCUT2D eigenvalue weighted by Crippen LogP contribution is -2.47. The molecule has 2 aromatic heterocycles. The van der Waals surface area contributed by atoms with Gasteiger partial charge < -0.3 is 10.6 Å². The largest absolute Gasteiger partial charge is 0.323 e. The van der Waals surface area contributed by atoms with E-state index < -0.39 is 5.54 Å². The average molecular weight is 271 g/mol. The number of carbonyl (C=O) groups is 1. The third kappa shape index (κ3) is 2.42. The van der Waals surface area contributed by atoms with Crippen LogP contribution in [0, 0.1) is 0 Å². The molecule has 104 valence electrons. The van der Waals surface area contributed by atoms with Crippen LogP contribution in [0.15, 0.2) is 37.1 Å². The molecule has 1 aliphatic rings. The molecule has 6 heteroatoms. The maximum Gasteiger partial charge on any atom is 0.244 e. The zero-order valence-corrected chi connectivity index (χ0v) is 11.3. The zero-order valence-electron chi connectivity index (χ0n) is 11.3. The van der Waals surface area contributed by atoms with Crippen LogP contribution in [-0.4, -0.2) is 32.5 Å². The van der Waals surface area contributed by atoms with Gasteiger partial charge in [0.05, 0.1) is 17.4 Å². The van der Waals surface area contributed by atoms with Crippen molar-refractivity contribution in [1.82, 2.24) is 19.9 Å². The minimum absolute atomic E-state index is 0.00724. The molecule has 20 heavy (non-hydrogen) atoms. The van der Waals surface area contributed by atoms with Gasteiger partial charge in [0.1, 0.15) is 12.1 Å². The van der Waals surface area contributed by atoms with Crippen LogP contribution in [0.3, 0.4) is 0 Å². The van der Waals surface area contributed by atoms with Crippen molar-refractivity contribution >= 4 is 11.6 Å². The SMILES string of the molecule is CC1(C(=O)Nc2ccc(-n3ccnc3)nc2)CCCN1. The van der Waals surface area contributed by atoms with E-state index >= 15 is 0 Å². The van der Waals surface area contributed by atoms with Crippen LogP contribution >= 0.6 is 0 Å². The van der Waals surface area contributed by atoms with Gasteiger partial charge in [0, 0.05) is 12.4 Å². The molecule has 0 saturated carbocycles. The highest BCUT2D eigenvalue weighted by atomic mass is 16.2. The summed E-state index contributed by atoms with van der Waals surface area (Å²) in [5, 5.41) is 6.15. The van der Waals surface area contributed by atoms with E-state index in [0.717, 1.165) is 25.2 Å². The second-order valence-corrected chi connectivity index (χ2v) is 5.19. The van der Waals surface area contributed by atoms with E-state index in [9.17, 15) is 4.79 Å². The lowest BCUT2D eigenvalue weighted by atomic mass is 9.99. The molecule has 1 aliphatic heterocycles.